The van der Waals surface area contributed by atoms with E-state index in [1.807, 2.05) is 0 Å². The van der Waals surface area contributed by atoms with Crippen molar-refractivity contribution in [3.63, 3.8) is 0 Å². The Bertz CT molecular complexity index is 955. The van der Waals surface area contributed by atoms with Gasteiger partial charge >= 0.3 is 0 Å². The van der Waals surface area contributed by atoms with Gasteiger partial charge in [-0.15, -0.1) is 11.8 Å². The van der Waals surface area contributed by atoms with Crippen LogP contribution in [-0.4, -0.2) is 21.1 Å². The van der Waals surface area contributed by atoms with E-state index in [0.29, 0.717) is 27.4 Å². The molecule has 0 fully saturated rings. The first-order chi connectivity index (χ1) is 11.1. The van der Waals surface area contributed by atoms with Gasteiger partial charge in [0.2, 0.25) is 0 Å². The van der Waals surface area contributed by atoms with Crippen molar-refractivity contribution in [1.29, 1.82) is 0 Å². The summed E-state index contributed by atoms with van der Waals surface area (Å²) in [5.74, 6) is 0.917. The third-order valence-electron chi connectivity index (χ3n) is 3.14. The number of thioether (sulfide) groups is 1. The van der Waals surface area contributed by atoms with Crippen LogP contribution in [0.1, 0.15) is 0 Å². The topological polar surface area (TPSA) is 98.1 Å². The van der Waals surface area contributed by atoms with E-state index in [1.54, 1.807) is 30.5 Å². The molecule has 0 unspecified atom stereocenters. The van der Waals surface area contributed by atoms with Crippen molar-refractivity contribution in [2.75, 3.05) is 6.26 Å². The number of para-hydroxylation sites is 1. The Morgan fingerprint density at radius 3 is 2.87 bits per heavy atom. The molecule has 0 amide bonds. The van der Waals surface area contributed by atoms with Gasteiger partial charge in [0.15, 0.2) is 5.75 Å². The molecule has 0 saturated carbocycles. The zero-order valence-corrected chi connectivity index (χ0v) is 12.8. The molecule has 1 heterocycles. The molecule has 1 aromatic heterocycles. The molecule has 8 heteroatoms. The van der Waals surface area contributed by atoms with Gasteiger partial charge < -0.3 is 9.72 Å². The lowest BCUT2D eigenvalue weighted by molar-refractivity contribution is -0.387. The largest absolute Gasteiger partial charge is 0.455 e. The number of nitro benzene ring substituents is 1. The molecule has 0 radical (unpaired) electrons. The fourth-order valence-electron chi connectivity index (χ4n) is 2.13. The molecule has 3 aromatic rings. The predicted octanol–water partition coefficient (Wildman–Crippen LogP) is 3.35. The molecular formula is C15H11N3O4S. The third-order valence-corrected chi connectivity index (χ3v) is 3.91. The van der Waals surface area contributed by atoms with E-state index in [-0.39, 0.29) is 11.2 Å². The van der Waals surface area contributed by atoms with E-state index in [4.69, 9.17) is 4.74 Å². The lowest BCUT2D eigenvalue weighted by atomic mass is 10.2. The van der Waals surface area contributed by atoms with Crippen LogP contribution in [-0.2, 0) is 0 Å². The van der Waals surface area contributed by atoms with Gasteiger partial charge in [0.25, 0.3) is 11.2 Å². The summed E-state index contributed by atoms with van der Waals surface area (Å²) in [6.45, 7) is 0. The summed E-state index contributed by atoms with van der Waals surface area (Å²) < 4.78 is 5.79. The second-order valence-corrected chi connectivity index (χ2v) is 5.44. The number of aromatic nitrogens is 2. The Morgan fingerprint density at radius 1 is 1.30 bits per heavy atom. The second kappa shape index (κ2) is 6.09. The van der Waals surface area contributed by atoms with Crippen LogP contribution >= 0.6 is 11.8 Å². The highest BCUT2D eigenvalue weighted by Gasteiger charge is 2.14. The fourth-order valence-corrected chi connectivity index (χ4v) is 2.71. The summed E-state index contributed by atoms with van der Waals surface area (Å²) in [7, 11) is 0. The zero-order chi connectivity index (χ0) is 16.4. The lowest BCUT2D eigenvalue weighted by Gasteiger charge is -2.09. The molecule has 23 heavy (non-hydrogen) atoms. The average molecular weight is 329 g/mol. The SMILES string of the molecule is CSc1cc(Oc2cccc3[nH]c(=O)cnc23)ccc1[N+](=O)[O-]. The van der Waals surface area contributed by atoms with Crippen molar-refractivity contribution in [1.82, 2.24) is 9.97 Å². The molecule has 0 aliphatic carbocycles. The van der Waals surface area contributed by atoms with Crippen molar-refractivity contribution in [3.05, 3.63) is 63.1 Å². The van der Waals surface area contributed by atoms with Crippen molar-refractivity contribution in [2.45, 2.75) is 4.90 Å². The van der Waals surface area contributed by atoms with Crippen LogP contribution in [0.15, 0.2) is 52.3 Å². The number of fused-ring (bicyclic) bond motifs is 1. The van der Waals surface area contributed by atoms with Crippen molar-refractivity contribution < 1.29 is 9.66 Å². The van der Waals surface area contributed by atoms with Crippen molar-refractivity contribution in [2.24, 2.45) is 0 Å². The third kappa shape index (κ3) is 3.02. The molecule has 116 valence electrons. The number of ether oxygens (including phenoxy) is 1. The normalized spacial score (nSPS) is 10.7. The minimum absolute atomic E-state index is 0.0326. The highest BCUT2D eigenvalue weighted by Crippen LogP contribution is 2.34. The highest BCUT2D eigenvalue weighted by atomic mass is 32.2. The van der Waals surface area contributed by atoms with Crippen LogP contribution < -0.4 is 10.3 Å². The van der Waals surface area contributed by atoms with Gasteiger partial charge in [0.1, 0.15) is 11.3 Å². The van der Waals surface area contributed by atoms with Crippen LogP contribution in [0.5, 0.6) is 11.5 Å². The number of aromatic amines is 1. The summed E-state index contributed by atoms with van der Waals surface area (Å²) in [6, 6.07) is 9.71. The molecular weight excluding hydrogens is 318 g/mol. The number of nitrogens with zero attached hydrogens (tertiary/aromatic N) is 2. The minimum atomic E-state index is -0.431. The number of benzene rings is 2. The molecule has 0 bridgehead atoms. The first-order valence-electron chi connectivity index (χ1n) is 6.57. The standard InChI is InChI=1S/C15H11N3O4S/c1-23-13-7-9(5-6-11(13)18(20)21)22-12-4-2-3-10-15(12)16-8-14(19)17-10/h2-8H,1H3,(H,17,19). The Labute approximate surface area is 134 Å². The quantitative estimate of drug-likeness (QED) is 0.448. The van der Waals surface area contributed by atoms with Gasteiger partial charge in [0, 0.05) is 12.1 Å². The lowest BCUT2D eigenvalue weighted by Crippen LogP contribution is -2.05. The van der Waals surface area contributed by atoms with Crippen LogP contribution in [0.3, 0.4) is 0 Å². The number of nitrogens with one attached hydrogen (secondary N) is 1. The van der Waals surface area contributed by atoms with Crippen LogP contribution in [0.25, 0.3) is 11.0 Å². The van der Waals surface area contributed by atoms with E-state index < -0.39 is 4.92 Å². The first-order valence-corrected chi connectivity index (χ1v) is 7.79. The summed E-state index contributed by atoms with van der Waals surface area (Å²) in [5.41, 5.74) is 0.804. The zero-order valence-electron chi connectivity index (χ0n) is 12.0. The monoisotopic (exact) mass is 329 g/mol. The number of hydrogen-bond donors (Lipinski definition) is 1. The Kier molecular flexibility index (Phi) is 3.98. The minimum Gasteiger partial charge on any atom is -0.455 e. The molecule has 0 saturated heterocycles. The van der Waals surface area contributed by atoms with E-state index in [0.717, 1.165) is 0 Å². The molecule has 0 spiro atoms. The summed E-state index contributed by atoms with van der Waals surface area (Å²) in [4.78, 5) is 29.1. The van der Waals surface area contributed by atoms with Gasteiger partial charge in [0.05, 0.1) is 21.5 Å². The van der Waals surface area contributed by atoms with Gasteiger partial charge in [-0.2, -0.15) is 0 Å². The summed E-state index contributed by atoms with van der Waals surface area (Å²) >= 11 is 1.27. The van der Waals surface area contributed by atoms with Gasteiger partial charge in [-0.05, 0) is 24.5 Å². The summed E-state index contributed by atoms with van der Waals surface area (Å²) in [5, 5.41) is 11.0. The van der Waals surface area contributed by atoms with Crippen LogP contribution in [0, 0.1) is 10.1 Å². The molecule has 0 aliphatic heterocycles. The molecule has 7 nitrogen and oxygen atoms in total. The molecule has 2 aromatic carbocycles. The van der Waals surface area contributed by atoms with E-state index in [9.17, 15) is 14.9 Å². The number of hydrogen-bond acceptors (Lipinski definition) is 6. The van der Waals surface area contributed by atoms with Gasteiger partial charge in [-0.3, -0.25) is 14.9 Å². The predicted molar refractivity (Wildman–Crippen MR) is 87.3 cm³/mol. The number of nitro groups is 1. The van der Waals surface area contributed by atoms with Gasteiger partial charge in [-0.25, -0.2) is 4.98 Å². The maximum atomic E-state index is 11.3. The number of rotatable bonds is 4. The molecule has 1 N–H and O–H groups in total. The second-order valence-electron chi connectivity index (χ2n) is 4.59. The maximum Gasteiger partial charge on any atom is 0.283 e. The number of H-pyrrole nitrogens is 1. The first kappa shape index (κ1) is 15.0. The molecule has 3 rings (SSSR count). The summed E-state index contributed by atoms with van der Waals surface area (Å²) in [6.07, 6.45) is 2.94. The fraction of sp³-hybridized carbons (Fsp3) is 0.0667. The Hall–Kier alpha value is -2.87. The van der Waals surface area contributed by atoms with Crippen LogP contribution in [0.4, 0.5) is 5.69 Å². The highest BCUT2D eigenvalue weighted by molar-refractivity contribution is 7.98. The smallest absolute Gasteiger partial charge is 0.283 e. The van der Waals surface area contributed by atoms with E-state index >= 15 is 0 Å². The van der Waals surface area contributed by atoms with Crippen LogP contribution in [0.2, 0.25) is 0 Å². The van der Waals surface area contributed by atoms with Crippen molar-refractivity contribution >= 4 is 28.5 Å². The Balaban J connectivity index is 2.02. The molecule has 0 aliphatic rings. The average Bonchev–Trinajstić information content (AvgIpc) is 2.54. The van der Waals surface area contributed by atoms with Crippen molar-refractivity contribution in [3.8, 4) is 11.5 Å². The maximum absolute atomic E-state index is 11.3. The molecule has 0 atom stereocenters. The van der Waals surface area contributed by atoms with Gasteiger partial charge in [-0.1, -0.05) is 6.07 Å². The van der Waals surface area contributed by atoms with E-state index in [1.165, 1.54) is 30.1 Å². The Morgan fingerprint density at radius 2 is 2.13 bits per heavy atom. The van der Waals surface area contributed by atoms with E-state index in [2.05, 4.69) is 9.97 Å².